The lowest BCUT2D eigenvalue weighted by atomic mass is 9.80. The van der Waals surface area contributed by atoms with Gasteiger partial charge in [0.25, 0.3) is 0 Å². The molecule has 1 aromatic heterocycles. The molecular weight excluding hydrogens is 244 g/mol. The van der Waals surface area contributed by atoms with Crippen molar-refractivity contribution in [1.82, 2.24) is 5.32 Å². The Bertz CT molecular complexity index is 408. The number of thiophene rings is 1. The Hall–Kier alpha value is -0.870. The van der Waals surface area contributed by atoms with Crippen LogP contribution in [0.1, 0.15) is 49.0 Å². The van der Waals surface area contributed by atoms with E-state index in [0.717, 1.165) is 25.7 Å². The topological polar surface area (TPSA) is 55.1 Å². The molecule has 2 rings (SSSR count). The molecule has 0 aliphatic heterocycles. The highest BCUT2D eigenvalue weighted by atomic mass is 32.1. The second-order valence-electron chi connectivity index (χ2n) is 5.40. The molecule has 18 heavy (non-hydrogen) atoms. The van der Waals surface area contributed by atoms with E-state index in [1.54, 1.807) is 11.3 Å². The van der Waals surface area contributed by atoms with Gasteiger partial charge in [-0.2, -0.15) is 0 Å². The molecule has 100 valence electrons. The summed E-state index contributed by atoms with van der Waals surface area (Å²) >= 11 is 1.69. The van der Waals surface area contributed by atoms with Crippen molar-refractivity contribution in [2.75, 3.05) is 0 Å². The summed E-state index contributed by atoms with van der Waals surface area (Å²) in [6, 6.07) is 2.08. The van der Waals surface area contributed by atoms with Gasteiger partial charge in [-0.3, -0.25) is 4.79 Å². The van der Waals surface area contributed by atoms with Crippen molar-refractivity contribution >= 4 is 17.2 Å². The predicted octanol–water partition coefficient (Wildman–Crippen LogP) is 2.72. The van der Waals surface area contributed by atoms with Gasteiger partial charge in [-0.25, -0.2) is 0 Å². The Labute approximate surface area is 113 Å². The van der Waals surface area contributed by atoms with Crippen LogP contribution in [0, 0.1) is 6.92 Å². The molecule has 0 bridgehead atoms. The van der Waals surface area contributed by atoms with Gasteiger partial charge in [0, 0.05) is 16.8 Å². The quantitative estimate of drug-likeness (QED) is 0.880. The van der Waals surface area contributed by atoms with Gasteiger partial charge in [0.2, 0.25) is 5.91 Å². The summed E-state index contributed by atoms with van der Waals surface area (Å²) in [5.41, 5.74) is 7.27. The van der Waals surface area contributed by atoms with E-state index in [-0.39, 0.29) is 11.4 Å². The Kier molecular flexibility index (Phi) is 4.40. The molecule has 1 aromatic rings. The van der Waals surface area contributed by atoms with Crippen molar-refractivity contribution in [1.29, 1.82) is 0 Å². The minimum Gasteiger partial charge on any atom is -0.351 e. The third-order valence-corrected chi connectivity index (χ3v) is 4.80. The Morgan fingerprint density at radius 2 is 2.17 bits per heavy atom. The van der Waals surface area contributed by atoms with Gasteiger partial charge >= 0.3 is 0 Å². The predicted molar refractivity (Wildman–Crippen MR) is 75.5 cm³/mol. The zero-order valence-electron chi connectivity index (χ0n) is 11.0. The highest BCUT2D eigenvalue weighted by molar-refractivity contribution is 7.10. The van der Waals surface area contributed by atoms with Crippen LogP contribution in [0.2, 0.25) is 0 Å². The third kappa shape index (κ3) is 3.56. The Balaban J connectivity index is 1.80. The van der Waals surface area contributed by atoms with Gasteiger partial charge in [0.1, 0.15) is 0 Å². The fourth-order valence-corrected chi connectivity index (χ4v) is 3.42. The summed E-state index contributed by atoms with van der Waals surface area (Å²) in [7, 11) is 0. The van der Waals surface area contributed by atoms with Crippen molar-refractivity contribution < 1.29 is 4.79 Å². The summed E-state index contributed by atoms with van der Waals surface area (Å²) in [5, 5.41) is 5.05. The highest BCUT2D eigenvalue weighted by Crippen LogP contribution is 2.28. The van der Waals surface area contributed by atoms with E-state index in [4.69, 9.17) is 5.73 Å². The van der Waals surface area contributed by atoms with Crippen molar-refractivity contribution in [3.8, 4) is 0 Å². The van der Waals surface area contributed by atoms with Crippen molar-refractivity contribution in [3.63, 3.8) is 0 Å². The van der Waals surface area contributed by atoms with Crippen LogP contribution in [0.3, 0.4) is 0 Å². The normalized spacial score (nSPS) is 18.6. The Morgan fingerprint density at radius 3 is 2.78 bits per heavy atom. The molecule has 1 saturated carbocycles. The van der Waals surface area contributed by atoms with Crippen LogP contribution >= 0.6 is 11.3 Å². The summed E-state index contributed by atoms with van der Waals surface area (Å²) < 4.78 is 0. The molecule has 3 N–H and O–H groups in total. The number of nitrogens with two attached hydrogens (primary N) is 1. The molecule has 1 amide bonds. The van der Waals surface area contributed by atoms with Gasteiger partial charge in [-0.05, 0) is 36.8 Å². The third-order valence-electron chi connectivity index (χ3n) is 3.78. The van der Waals surface area contributed by atoms with E-state index in [1.165, 1.54) is 16.9 Å². The van der Waals surface area contributed by atoms with Crippen molar-refractivity contribution in [2.24, 2.45) is 5.73 Å². The number of hydrogen-bond donors (Lipinski definition) is 2. The summed E-state index contributed by atoms with van der Waals surface area (Å²) in [4.78, 5) is 13.2. The molecule has 0 unspecified atom stereocenters. The minimum absolute atomic E-state index is 0.0900. The zero-order chi connectivity index (χ0) is 13.0. The van der Waals surface area contributed by atoms with E-state index < -0.39 is 0 Å². The average molecular weight is 266 g/mol. The molecule has 4 heteroatoms. The SMILES string of the molecule is Cc1ccsc1CNC(=O)CC1(N)CCCCC1. The first kappa shape index (κ1) is 13.6. The average Bonchev–Trinajstić information content (AvgIpc) is 2.72. The molecule has 1 heterocycles. The maximum atomic E-state index is 11.9. The molecule has 0 spiro atoms. The fraction of sp³-hybridized carbons (Fsp3) is 0.643. The summed E-state index contributed by atoms with van der Waals surface area (Å²) in [5.74, 6) is 0.0900. The summed E-state index contributed by atoms with van der Waals surface area (Å²) in [6.45, 7) is 2.71. The number of amides is 1. The second-order valence-corrected chi connectivity index (χ2v) is 6.40. The van der Waals surface area contributed by atoms with E-state index >= 15 is 0 Å². The largest absolute Gasteiger partial charge is 0.351 e. The van der Waals surface area contributed by atoms with E-state index in [0.29, 0.717) is 13.0 Å². The number of aryl methyl sites for hydroxylation is 1. The van der Waals surface area contributed by atoms with Crippen LogP contribution in [-0.4, -0.2) is 11.4 Å². The first-order chi connectivity index (χ1) is 8.59. The highest BCUT2D eigenvalue weighted by Gasteiger charge is 2.29. The molecule has 0 saturated heterocycles. The standard InChI is InChI=1S/C14H22N2OS/c1-11-5-8-18-12(11)10-16-13(17)9-14(15)6-3-2-4-7-14/h5,8H,2-4,6-7,9-10,15H2,1H3,(H,16,17). The lowest BCUT2D eigenvalue weighted by molar-refractivity contribution is -0.122. The number of rotatable bonds is 4. The van der Waals surface area contributed by atoms with E-state index in [2.05, 4.69) is 23.7 Å². The van der Waals surface area contributed by atoms with Gasteiger partial charge in [-0.15, -0.1) is 11.3 Å². The van der Waals surface area contributed by atoms with E-state index in [9.17, 15) is 4.79 Å². The maximum absolute atomic E-state index is 11.9. The van der Waals surface area contributed by atoms with Crippen LogP contribution in [0.15, 0.2) is 11.4 Å². The van der Waals surface area contributed by atoms with Crippen LogP contribution < -0.4 is 11.1 Å². The smallest absolute Gasteiger partial charge is 0.222 e. The number of carbonyl (C=O) groups is 1. The van der Waals surface area contributed by atoms with Crippen LogP contribution in [0.5, 0.6) is 0 Å². The first-order valence-electron chi connectivity index (χ1n) is 6.68. The molecule has 0 atom stereocenters. The molecule has 0 aromatic carbocycles. The number of hydrogen-bond acceptors (Lipinski definition) is 3. The van der Waals surface area contributed by atoms with Gasteiger partial charge in [0.15, 0.2) is 0 Å². The molecule has 0 radical (unpaired) electrons. The molecular formula is C14H22N2OS. The van der Waals surface area contributed by atoms with Crippen molar-refractivity contribution in [2.45, 2.75) is 57.5 Å². The second kappa shape index (κ2) is 5.85. The molecule has 1 fully saturated rings. The maximum Gasteiger partial charge on any atom is 0.222 e. The van der Waals surface area contributed by atoms with Gasteiger partial charge < -0.3 is 11.1 Å². The lowest BCUT2D eigenvalue weighted by Gasteiger charge is -2.32. The minimum atomic E-state index is -0.257. The number of carbonyl (C=O) groups excluding carboxylic acids is 1. The molecule has 3 nitrogen and oxygen atoms in total. The van der Waals surface area contributed by atoms with Crippen LogP contribution in [0.25, 0.3) is 0 Å². The van der Waals surface area contributed by atoms with Crippen LogP contribution in [-0.2, 0) is 11.3 Å². The van der Waals surface area contributed by atoms with Gasteiger partial charge in [0.05, 0.1) is 6.54 Å². The lowest BCUT2D eigenvalue weighted by Crippen LogP contribution is -2.45. The summed E-state index contributed by atoms with van der Waals surface area (Å²) in [6.07, 6.45) is 6.02. The van der Waals surface area contributed by atoms with E-state index in [1.807, 2.05) is 0 Å². The molecule has 1 aliphatic carbocycles. The van der Waals surface area contributed by atoms with Crippen LogP contribution in [0.4, 0.5) is 0 Å². The first-order valence-corrected chi connectivity index (χ1v) is 7.56. The fourth-order valence-electron chi connectivity index (χ4n) is 2.58. The zero-order valence-corrected chi connectivity index (χ0v) is 11.8. The number of nitrogens with one attached hydrogen (secondary N) is 1. The van der Waals surface area contributed by atoms with Gasteiger partial charge in [-0.1, -0.05) is 19.3 Å². The molecule has 1 aliphatic rings. The monoisotopic (exact) mass is 266 g/mol. The Morgan fingerprint density at radius 1 is 1.44 bits per heavy atom. The van der Waals surface area contributed by atoms with Crippen molar-refractivity contribution in [3.05, 3.63) is 21.9 Å².